The monoisotopic (exact) mass is 837 g/mol. The van der Waals surface area contributed by atoms with E-state index in [2.05, 4.69) is 117 Å². The number of likely N-dealkylation sites (N-methyl/N-ethyl adjacent to an activating group) is 1. The van der Waals surface area contributed by atoms with E-state index in [0.717, 1.165) is 89.9 Å². The average Bonchev–Trinajstić information content (AvgIpc) is 3.21. The van der Waals surface area contributed by atoms with Crippen molar-refractivity contribution in [3.8, 4) is 0 Å². The SMILES string of the molecule is CC/C=C\C/C=C\C/C=C\C/C=C\C/C=C\C/C=C\C/C=C\C/C=C\C/C=C\CCCC(=O)OC(COC(=O)CCCCCCCC)COC(OCC[N+](C)(C)C)C(=O)O. The topological polar surface area (TPSA) is 108 Å². The summed E-state index contributed by atoms with van der Waals surface area (Å²) in [6.07, 6.45) is 53.4. The first-order valence-electron chi connectivity index (χ1n) is 22.6. The molecule has 0 aromatic rings. The number of allylic oxidation sites excluding steroid dienone is 18. The molecule has 0 bridgehead atoms. The summed E-state index contributed by atoms with van der Waals surface area (Å²) in [5.74, 6) is -2.12. The lowest BCUT2D eigenvalue weighted by Gasteiger charge is -2.25. The first-order chi connectivity index (χ1) is 29.1. The molecule has 0 aliphatic carbocycles. The second-order valence-electron chi connectivity index (χ2n) is 15.6. The molecule has 0 aliphatic rings. The average molecular weight is 837 g/mol. The molecule has 9 heteroatoms. The molecule has 0 spiro atoms. The number of unbranched alkanes of at least 4 members (excludes halogenated alkanes) is 6. The lowest BCUT2D eigenvalue weighted by Crippen LogP contribution is -2.40. The van der Waals surface area contributed by atoms with E-state index in [1.807, 2.05) is 27.2 Å². The van der Waals surface area contributed by atoms with Crippen LogP contribution in [0.15, 0.2) is 109 Å². The van der Waals surface area contributed by atoms with E-state index >= 15 is 0 Å². The van der Waals surface area contributed by atoms with Crippen molar-refractivity contribution >= 4 is 17.9 Å². The number of hydrogen-bond donors (Lipinski definition) is 1. The molecule has 0 heterocycles. The number of nitrogens with zero attached hydrogens (tertiary/aromatic N) is 1. The molecule has 0 saturated heterocycles. The number of carbonyl (C=O) groups excluding carboxylic acids is 2. The van der Waals surface area contributed by atoms with E-state index in [4.69, 9.17) is 18.9 Å². The summed E-state index contributed by atoms with van der Waals surface area (Å²) >= 11 is 0. The van der Waals surface area contributed by atoms with Crippen LogP contribution in [0.1, 0.15) is 136 Å². The Morgan fingerprint density at radius 3 is 1.40 bits per heavy atom. The summed E-state index contributed by atoms with van der Waals surface area (Å²) in [6.45, 7) is 4.57. The van der Waals surface area contributed by atoms with Gasteiger partial charge in [0, 0.05) is 12.8 Å². The van der Waals surface area contributed by atoms with Crippen LogP contribution in [0, 0.1) is 0 Å². The summed E-state index contributed by atoms with van der Waals surface area (Å²) in [7, 11) is 5.91. The van der Waals surface area contributed by atoms with Crippen molar-refractivity contribution in [2.24, 2.45) is 0 Å². The smallest absolute Gasteiger partial charge is 0.361 e. The Kier molecular flexibility index (Phi) is 38.9. The quantitative estimate of drug-likeness (QED) is 0.0214. The summed E-state index contributed by atoms with van der Waals surface area (Å²) in [4.78, 5) is 36.8. The van der Waals surface area contributed by atoms with Gasteiger partial charge in [-0.15, -0.1) is 0 Å². The molecule has 9 nitrogen and oxygen atoms in total. The Morgan fingerprint density at radius 2 is 0.950 bits per heavy atom. The van der Waals surface area contributed by atoms with Crippen molar-refractivity contribution < 1.29 is 42.9 Å². The minimum absolute atomic E-state index is 0.171. The zero-order valence-corrected chi connectivity index (χ0v) is 38.1. The third kappa shape index (κ3) is 42.1. The first-order valence-corrected chi connectivity index (χ1v) is 22.6. The van der Waals surface area contributed by atoms with Crippen LogP contribution in [0.25, 0.3) is 0 Å². The van der Waals surface area contributed by atoms with E-state index in [0.29, 0.717) is 23.9 Å². The fourth-order valence-electron chi connectivity index (χ4n) is 5.30. The molecule has 0 saturated carbocycles. The molecular weight excluding hydrogens is 755 g/mol. The number of ether oxygens (including phenoxy) is 4. The zero-order chi connectivity index (χ0) is 44.2. The minimum atomic E-state index is -1.53. The van der Waals surface area contributed by atoms with Crippen molar-refractivity contribution in [2.75, 3.05) is 47.5 Å². The van der Waals surface area contributed by atoms with Gasteiger partial charge in [0.1, 0.15) is 13.2 Å². The number of aliphatic carboxylic acids is 1. The third-order valence-electron chi connectivity index (χ3n) is 8.79. The van der Waals surface area contributed by atoms with Gasteiger partial charge in [0.25, 0.3) is 6.29 Å². The second-order valence-corrected chi connectivity index (χ2v) is 15.6. The maximum atomic E-state index is 12.7. The molecule has 2 atom stereocenters. The van der Waals surface area contributed by atoms with Crippen molar-refractivity contribution in [1.82, 2.24) is 0 Å². The fraction of sp³-hybridized carbons (Fsp3) is 0.588. The molecule has 0 amide bonds. The third-order valence-corrected chi connectivity index (χ3v) is 8.79. The molecule has 0 fully saturated rings. The van der Waals surface area contributed by atoms with E-state index in [1.54, 1.807) is 0 Å². The molecule has 1 N–H and O–H groups in total. The maximum Gasteiger partial charge on any atom is 0.361 e. The Morgan fingerprint density at radius 1 is 0.517 bits per heavy atom. The minimum Gasteiger partial charge on any atom is -0.477 e. The number of carbonyl (C=O) groups is 3. The van der Waals surface area contributed by atoms with Crippen molar-refractivity contribution in [3.63, 3.8) is 0 Å². The number of hydrogen-bond acceptors (Lipinski definition) is 7. The lowest BCUT2D eigenvalue weighted by molar-refractivity contribution is -0.870. The predicted octanol–water partition coefficient (Wildman–Crippen LogP) is 12.0. The number of quaternary nitrogens is 1. The Labute approximate surface area is 364 Å². The van der Waals surface area contributed by atoms with Gasteiger partial charge >= 0.3 is 17.9 Å². The van der Waals surface area contributed by atoms with Crippen molar-refractivity contribution in [2.45, 2.75) is 148 Å². The Bertz CT molecular complexity index is 1340. The molecular formula is C51H82NO8+. The standard InChI is InChI=1S/C51H81NO8/c1-6-8-10-12-14-15-16-17-18-19-20-21-22-23-24-25-26-27-28-29-30-31-32-33-34-35-36-38-40-42-49(54)60-47(45-58-48(53)41-39-37-13-11-9-7-2)46-59-51(50(55)56)57-44-43-52(3,4)5/h8,10,14-15,17-18,20-21,23-24,26-27,29-30,32-33,35-36,47,51H,6-7,9,11-13,16,19,22,25,28,31,34,37-46H2,1-5H3/p+1/b10-8-,15-14-,18-17-,21-20-,24-23-,27-26-,30-29-,33-32-,36-35-. The number of rotatable bonds is 39. The normalized spacial score (nSPS) is 13.9. The highest BCUT2D eigenvalue weighted by Crippen LogP contribution is 2.10. The van der Waals surface area contributed by atoms with Crippen LogP contribution >= 0.6 is 0 Å². The Hall–Kier alpha value is -4.05. The van der Waals surface area contributed by atoms with Gasteiger partial charge in [0.15, 0.2) is 6.10 Å². The van der Waals surface area contributed by atoms with E-state index in [1.165, 1.54) is 6.42 Å². The van der Waals surface area contributed by atoms with Gasteiger partial charge in [-0.3, -0.25) is 9.59 Å². The largest absolute Gasteiger partial charge is 0.477 e. The van der Waals surface area contributed by atoms with Gasteiger partial charge in [-0.25, -0.2) is 4.79 Å². The molecule has 0 radical (unpaired) electrons. The molecule has 2 unspecified atom stereocenters. The van der Waals surface area contributed by atoms with E-state index in [9.17, 15) is 19.5 Å². The van der Waals surface area contributed by atoms with Crippen LogP contribution in [0.5, 0.6) is 0 Å². The molecule has 0 rings (SSSR count). The highest BCUT2D eigenvalue weighted by Gasteiger charge is 2.25. The van der Waals surface area contributed by atoms with Gasteiger partial charge in [0.05, 0.1) is 34.4 Å². The van der Waals surface area contributed by atoms with Crippen LogP contribution in [0.3, 0.4) is 0 Å². The van der Waals surface area contributed by atoms with Crippen LogP contribution in [-0.2, 0) is 33.3 Å². The van der Waals surface area contributed by atoms with E-state index < -0.39 is 24.3 Å². The van der Waals surface area contributed by atoms with Crippen LogP contribution in [-0.4, -0.2) is 87.4 Å². The van der Waals surface area contributed by atoms with Crippen molar-refractivity contribution in [3.05, 3.63) is 109 Å². The highest BCUT2D eigenvalue weighted by atomic mass is 16.7. The van der Waals surface area contributed by atoms with E-state index in [-0.39, 0.29) is 38.6 Å². The summed E-state index contributed by atoms with van der Waals surface area (Å²) < 4.78 is 22.5. The number of carboxylic acids is 1. The summed E-state index contributed by atoms with van der Waals surface area (Å²) in [6, 6.07) is 0. The fourth-order valence-corrected chi connectivity index (χ4v) is 5.30. The van der Waals surface area contributed by atoms with Crippen LogP contribution in [0.2, 0.25) is 0 Å². The maximum absolute atomic E-state index is 12.7. The molecule has 60 heavy (non-hydrogen) atoms. The van der Waals surface area contributed by atoms with Gasteiger partial charge < -0.3 is 28.5 Å². The number of carboxylic acid groups (broad SMARTS) is 1. The van der Waals surface area contributed by atoms with Crippen molar-refractivity contribution in [1.29, 1.82) is 0 Å². The molecule has 0 aromatic heterocycles. The summed E-state index contributed by atoms with van der Waals surface area (Å²) in [5, 5.41) is 9.59. The molecule has 338 valence electrons. The van der Waals surface area contributed by atoms with Crippen LogP contribution < -0.4 is 0 Å². The van der Waals surface area contributed by atoms with Crippen LogP contribution in [0.4, 0.5) is 0 Å². The predicted molar refractivity (Wildman–Crippen MR) is 248 cm³/mol. The zero-order valence-electron chi connectivity index (χ0n) is 38.1. The van der Waals surface area contributed by atoms with Gasteiger partial charge in [0.2, 0.25) is 0 Å². The molecule has 0 aromatic carbocycles. The van der Waals surface area contributed by atoms with Gasteiger partial charge in [-0.2, -0.15) is 0 Å². The highest BCUT2D eigenvalue weighted by molar-refractivity contribution is 5.71. The number of esters is 2. The lowest BCUT2D eigenvalue weighted by atomic mass is 10.1. The summed E-state index contributed by atoms with van der Waals surface area (Å²) in [5.41, 5.74) is 0. The van der Waals surface area contributed by atoms with Gasteiger partial charge in [-0.05, 0) is 77.0 Å². The first kappa shape index (κ1) is 55.9. The Balaban J connectivity index is 4.38. The molecule has 0 aliphatic heterocycles. The van der Waals surface area contributed by atoms with Gasteiger partial charge in [-0.1, -0.05) is 155 Å². The second kappa shape index (κ2) is 41.7.